The monoisotopic (exact) mass is 329 g/mol. The minimum atomic E-state index is 0.305. The van der Waals surface area contributed by atoms with Crippen molar-refractivity contribution in [3.8, 4) is 22.4 Å². The fraction of sp³-hybridized carbons (Fsp3) is 0.0667. The van der Waals surface area contributed by atoms with Gasteiger partial charge in [-0.25, -0.2) is 0 Å². The molecule has 2 N–H and O–H groups in total. The molecule has 3 aromatic rings. The molecular weight excluding hydrogens is 318 g/mol. The smallest absolute Gasteiger partial charge is 0.230 e. The molecule has 0 atom stereocenters. The normalized spacial score (nSPS) is 10.7. The lowest BCUT2D eigenvalue weighted by molar-refractivity contribution is 0.439. The molecule has 2 aromatic heterocycles. The Morgan fingerprint density at radius 3 is 2.75 bits per heavy atom. The van der Waals surface area contributed by atoms with Crippen LogP contribution in [0.4, 0.5) is 5.88 Å². The molecule has 3 rings (SSSR count). The molecule has 0 aliphatic heterocycles. The van der Waals surface area contributed by atoms with Gasteiger partial charge in [0.2, 0.25) is 5.88 Å². The van der Waals surface area contributed by atoms with Crippen molar-refractivity contribution < 1.29 is 4.52 Å². The first-order valence-electron chi connectivity index (χ1n) is 6.08. The van der Waals surface area contributed by atoms with Gasteiger partial charge in [0.15, 0.2) is 0 Å². The van der Waals surface area contributed by atoms with Gasteiger partial charge in [0.25, 0.3) is 0 Å². The number of aryl methyl sites for hydroxylation is 1. The van der Waals surface area contributed by atoms with Crippen LogP contribution in [-0.2, 0) is 0 Å². The summed E-state index contributed by atoms with van der Waals surface area (Å²) in [5.74, 6) is 0.305. The highest BCUT2D eigenvalue weighted by molar-refractivity contribution is 9.10. The minimum absolute atomic E-state index is 0.305. The molecule has 20 heavy (non-hydrogen) atoms. The molecule has 1 aromatic carbocycles. The molecule has 0 saturated carbocycles. The van der Waals surface area contributed by atoms with Crippen LogP contribution in [0.25, 0.3) is 22.4 Å². The molecule has 0 spiro atoms. The summed E-state index contributed by atoms with van der Waals surface area (Å²) >= 11 is 3.46. The topological polar surface area (TPSA) is 64.9 Å². The molecular formula is C15H12BrN3O. The van der Waals surface area contributed by atoms with Crippen LogP contribution in [0.5, 0.6) is 0 Å². The van der Waals surface area contributed by atoms with Crippen LogP contribution in [-0.4, -0.2) is 10.1 Å². The summed E-state index contributed by atoms with van der Waals surface area (Å²) in [6.07, 6.45) is 3.55. The second-order valence-electron chi connectivity index (χ2n) is 4.53. The number of nitrogen functional groups attached to an aromatic ring is 1. The number of rotatable bonds is 2. The van der Waals surface area contributed by atoms with Gasteiger partial charge < -0.3 is 10.3 Å². The van der Waals surface area contributed by atoms with E-state index in [0.29, 0.717) is 11.6 Å². The van der Waals surface area contributed by atoms with Gasteiger partial charge in [-0.3, -0.25) is 4.98 Å². The summed E-state index contributed by atoms with van der Waals surface area (Å²) in [5, 5.41) is 4.08. The molecule has 0 unspecified atom stereocenters. The lowest BCUT2D eigenvalue weighted by atomic mass is 10.0. The Labute approximate surface area is 124 Å². The van der Waals surface area contributed by atoms with E-state index in [4.69, 9.17) is 10.3 Å². The maximum Gasteiger partial charge on any atom is 0.230 e. The zero-order valence-corrected chi connectivity index (χ0v) is 12.4. The van der Waals surface area contributed by atoms with Crippen molar-refractivity contribution in [2.45, 2.75) is 6.92 Å². The number of hydrogen-bond donors (Lipinski definition) is 1. The van der Waals surface area contributed by atoms with Crippen LogP contribution in [0.2, 0.25) is 0 Å². The van der Waals surface area contributed by atoms with Crippen molar-refractivity contribution in [3.63, 3.8) is 0 Å². The van der Waals surface area contributed by atoms with Crippen molar-refractivity contribution >= 4 is 21.8 Å². The summed E-state index contributed by atoms with van der Waals surface area (Å²) in [4.78, 5) is 4.19. The van der Waals surface area contributed by atoms with E-state index in [0.717, 1.165) is 26.7 Å². The van der Waals surface area contributed by atoms with Gasteiger partial charge >= 0.3 is 0 Å². The largest absolute Gasteiger partial charge is 0.367 e. The average molecular weight is 330 g/mol. The zero-order chi connectivity index (χ0) is 14.1. The third kappa shape index (κ3) is 2.32. The Kier molecular flexibility index (Phi) is 3.28. The number of benzene rings is 1. The number of nitrogens with zero attached hydrogens (tertiary/aromatic N) is 2. The number of pyridine rings is 1. The van der Waals surface area contributed by atoms with Crippen molar-refractivity contribution in [3.05, 3.63) is 52.8 Å². The summed E-state index contributed by atoms with van der Waals surface area (Å²) in [6, 6.07) is 9.87. The van der Waals surface area contributed by atoms with E-state index in [1.54, 1.807) is 12.4 Å². The Morgan fingerprint density at radius 1 is 1.15 bits per heavy atom. The summed E-state index contributed by atoms with van der Waals surface area (Å²) in [7, 11) is 0. The van der Waals surface area contributed by atoms with E-state index in [2.05, 4.69) is 26.1 Å². The van der Waals surface area contributed by atoms with E-state index in [9.17, 15) is 0 Å². The van der Waals surface area contributed by atoms with E-state index in [1.165, 1.54) is 0 Å². The van der Waals surface area contributed by atoms with Gasteiger partial charge in [-0.1, -0.05) is 33.2 Å². The maximum absolute atomic E-state index is 5.93. The predicted octanol–water partition coefficient (Wildman–Crippen LogP) is 4.06. The molecule has 0 aliphatic rings. The molecule has 4 nitrogen and oxygen atoms in total. The average Bonchev–Trinajstić information content (AvgIpc) is 2.80. The first kappa shape index (κ1) is 12.9. The van der Waals surface area contributed by atoms with Gasteiger partial charge in [0.1, 0.15) is 5.69 Å². The van der Waals surface area contributed by atoms with Crippen molar-refractivity contribution in [1.82, 2.24) is 10.1 Å². The van der Waals surface area contributed by atoms with Crippen molar-refractivity contribution in [2.75, 3.05) is 5.73 Å². The second kappa shape index (κ2) is 5.09. The Hall–Kier alpha value is -2.14. The maximum atomic E-state index is 5.93. The van der Waals surface area contributed by atoms with E-state index in [-0.39, 0.29) is 0 Å². The van der Waals surface area contributed by atoms with Gasteiger partial charge in [0, 0.05) is 22.4 Å². The Bertz CT molecular complexity index is 767. The molecule has 0 aliphatic carbocycles. The standard InChI is InChI=1S/C15H12BrN3O/c1-9-5-11(8-18-7-9)14-13(15(17)20-19-14)10-3-2-4-12(16)6-10/h2-8H,17H2,1H3. The molecule has 0 radical (unpaired) electrons. The summed E-state index contributed by atoms with van der Waals surface area (Å²) < 4.78 is 6.14. The number of hydrogen-bond acceptors (Lipinski definition) is 4. The fourth-order valence-corrected chi connectivity index (χ4v) is 2.51. The van der Waals surface area contributed by atoms with Crippen LogP contribution in [0.3, 0.4) is 0 Å². The molecule has 0 saturated heterocycles. The minimum Gasteiger partial charge on any atom is -0.367 e. The SMILES string of the molecule is Cc1cncc(-c2noc(N)c2-c2cccc(Br)c2)c1. The molecule has 2 heterocycles. The lowest BCUT2D eigenvalue weighted by Gasteiger charge is -2.04. The van der Waals surface area contributed by atoms with Crippen LogP contribution in [0.1, 0.15) is 5.56 Å². The van der Waals surface area contributed by atoms with Gasteiger partial charge in [0.05, 0.1) is 5.56 Å². The highest BCUT2D eigenvalue weighted by atomic mass is 79.9. The fourth-order valence-electron chi connectivity index (χ4n) is 2.11. The van der Waals surface area contributed by atoms with E-state index in [1.807, 2.05) is 37.3 Å². The van der Waals surface area contributed by atoms with Crippen LogP contribution in [0, 0.1) is 6.92 Å². The number of aromatic nitrogens is 2. The van der Waals surface area contributed by atoms with Gasteiger partial charge in [-0.05, 0) is 36.2 Å². The lowest BCUT2D eigenvalue weighted by Crippen LogP contribution is -1.89. The molecule has 0 bridgehead atoms. The Morgan fingerprint density at radius 2 is 2.00 bits per heavy atom. The second-order valence-corrected chi connectivity index (χ2v) is 5.45. The number of anilines is 1. The third-order valence-electron chi connectivity index (χ3n) is 2.98. The van der Waals surface area contributed by atoms with Crippen LogP contribution >= 0.6 is 15.9 Å². The van der Waals surface area contributed by atoms with E-state index >= 15 is 0 Å². The van der Waals surface area contributed by atoms with Crippen LogP contribution < -0.4 is 5.73 Å². The highest BCUT2D eigenvalue weighted by Gasteiger charge is 2.17. The van der Waals surface area contributed by atoms with E-state index < -0.39 is 0 Å². The summed E-state index contributed by atoms with van der Waals surface area (Å²) in [5.41, 5.74) is 10.3. The zero-order valence-electron chi connectivity index (χ0n) is 10.8. The number of halogens is 1. The third-order valence-corrected chi connectivity index (χ3v) is 3.47. The molecule has 5 heteroatoms. The Balaban J connectivity index is 2.20. The highest BCUT2D eigenvalue weighted by Crippen LogP contribution is 2.36. The van der Waals surface area contributed by atoms with Crippen LogP contribution in [0.15, 0.2) is 51.7 Å². The first-order chi connectivity index (χ1) is 9.65. The van der Waals surface area contributed by atoms with Gasteiger partial charge in [-0.2, -0.15) is 0 Å². The summed E-state index contributed by atoms with van der Waals surface area (Å²) in [6.45, 7) is 1.98. The molecule has 100 valence electrons. The first-order valence-corrected chi connectivity index (χ1v) is 6.87. The van der Waals surface area contributed by atoms with Crippen molar-refractivity contribution in [1.29, 1.82) is 0 Å². The van der Waals surface area contributed by atoms with Gasteiger partial charge in [-0.15, -0.1) is 0 Å². The van der Waals surface area contributed by atoms with Crippen molar-refractivity contribution in [2.24, 2.45) is 0 Å². The number of nitrogens with two attached hydrogens (primary N) is 1. The predicted molar refractivity (Wildman–Crippen MR) is 82.0 cm³/mol. The molecule has 0 amide bonds. The quantitative estimate of drug-likeness (QED) is 0.770. The molecule has 0 fully saturated rings.